The number of fused-ring (bicyclic) bond motifs is 4. The van der Waals surface area contributed by atoms with Crippen LogP contribution in [0, 0.1) is 17.8 Å². The number of hydrogen-bond acceptors (Lipinski definition) is 4. The van der Waals surface area contributed by atoms with Crippen LogP contribution >= 0.6 is 0 Å². The van der Waals surface area contributed by atoms with Crippen molar-refractivity contribution in [1.29, 1.82) is 0 Å². The van der Waals surface area contributed by atoms with E-state index in [0.717, 1.165) is 66.7 Å². The zero-order valence-corrected chi connectivity index (χ0v) is 24.3. The summed E-state index contributed by atoms with van der Waals surface area (Å²) in [6.07, 6.45) is 11.4. The average Bonchev–Trinajstić information content (AvgIpc) is 3.88. The Labute approximate surface area is 241 Å². The van der Waals surface area contributed by atoms with E-state index < -0.39 is 0 Å². The van der Waals surface area contributed by atoms with E-state index in [1.807, 2.05) is 17.0 Å². The molecule has 214 valence electrons. The maximum Gasteiger partial charge on any atom is 0.254 e. The maximum absolute atomic E-state index is 13.7. The van der Waals surface area contributed by atoms with Crippen molar-refractivity contribution < 1.29 is 9.53 Å². The zero-order chi connectivity index (χ0) is 27.8. The summed E-state index contributed by atoms with van der Waals surface area (Å²) in [5, 5.41) is 1.29. The van der Waals surface area contributed by atoms with E-state index in [0.29, 0.717) is 17.2 Å². The van der Waals surface area contributed by atoms with E-state index in [4.69, 9.17) is 15.5 Å². The first-order valence-corrected chi connectivity index (χ1v) is 15.7. The number of likely N-dealkylation sites (tertiary alicyclic amines) is 1. The summed E-state index contributed by atoms with van der Waals surface area (Å²) in [7, 11) is 3.74. The van der Waals surface area contributed by atoms with Gasteiger partial charge >= 0.3 is 0 Å². The highest BCUT2D eigenvalue weighted by molar-refractivity contribution is 6.00. The van der Waals surface area contributed by atoms with Crippen LogP contribution < -0.4 is 10.5 Å². The molecule has 1 unspecified atom stereocenters. The molecule has 2 N–H and O–H groups in total. The molecule has 8 rings (SSSR count). The number of ether oxygens (including phenoxy) is 1. The van der Waals surface area contributed by atoms with Crippen LogP contribution in [0.1, 0.15) is 67.3 Å². The molecule has 3 heterocycles. The first-order chi connectivity index (χ1) is 20.0. The Morgan fingerprint density at radius 1 is 1.05 bits per heavy atom. The third-order valence-electron chi connectivity index (χ3n) is 10.4. The molecule has 3 atom stereocenters. The van der Waals surface area contributed by atoms with Gasteiger partial charge in [0.25, 0.3) is 5.91 Å². The summed E-state index contributed by atoms with van der Waals surface area (Å²) in [6, 6.07) is 13.4. The highest BCUT2D eigenvalue weighted by Gasteiger charge is 2.47. The molecule has 0 radical (unpaired) electrons. The largest absolute Gasteiger partial charge is 0.494 e. The molecular formula is C34H41N5O2. The summed E-state index contributed by atoms with van der Waals surface area (Å²) in [5.41, 5.74) is 12.6. The second-order valence-corrected chi connectivity index (χ2v) is 13.3. The topological polar surface area (TPSA) is 78.3 Å². The number of rotatable bonds is 9. The maximum atomic E-state index is 13.7. The highest BCUT2D eigenvalue weighted by Crippen LogP contribution is 2.40. The number of nitrogens with zero attached hydrogens (tertiary/aromatic N) is 4. The van der Waals surface area contributed by atoms with Gasteiger partial charge < -0.3 is 24.5 Å². The molecule has 3 aliphatic carbocycles. The van der Waals surface area contributed by atoms with Crippen molar-refractivity contribution in [2.45, 2.75) is 76.4 Å². The van der Waals surface area contributed by atoms with Crippen LogP contribution in [0.15, 0.2) is 36.4 Å². The number of methoxy groups -OCH3 is 1. The minimum absolute atomic E-state index is 0.0390. The van der Waals surface area contributed by atoms with Gasteiger partial charge in [0.2, 0.25) is 0 Å². The molecule has 2 bridgehead atoms. The molecule has 7 heteroatoms. The Morgan fingerprint density at radius 2 is 1.88 bits per heavy atom. The number of hydrogen-bond donors (Lipinski definition) is 1. The molecule has 4 aliphatic rings. The van der Waals surface area contributed by atoms with Gasteiger partial charge in [-0.3, -0.25) is 4.79 Å². The third-order valence-corrected chi connectivity index (χ3v) is 10.4. The van der Waals surface area contributed by atoms with Crippen molar-refractivity contribution in [2.75, 3.05) is 13.7 Å². The van der Waals surface area contributed by atoms with Crippen LogP contribution in [-0.2, 0) is 20.0 Å². The Balaban J connectivity index is 1.18. The number of imidazole rings is 1. The number of carbonyl (C=O) groups is 1. The molecule has 2 aromatic carbocycles. The lowest BCUT2D eigenvalue weighted by Gasteiger charge is -2.27. The van der Waals surface area contributed by atoms with Crippen molar-refractivity contribution >= 4 is 27.8 Å². The number of aromatic nitrogens is 3. The number of benzene rings is 2. The van der Waals surface area contributed by atoms with Crippen LogP contribution in [-0.4, -0.2) is 50.7 Å². The summed E-state index contributed by atoms with van der Waals surface area (Å²) in [4.78, 5) is 20.8. The minimum atomic E-state index is 0.0390. The second-order valence-electron chi connectivity index (χ2n) is 13.3. The molecule has 41 heavy (non-hydrogen) atoms. The molecule has 4 aromatic rings. The predicted molar refractivity (Wildman–Crippen MR) is 162 cm³/mol. The molecule has 1 aliphatic heterocycles. The highest BCUT2D eigenvalue weighted by atomic mass is 16.5. The molecule has 7 nitrogen and oxygen atoms in total. The van der Waals surface area contributed by atoms with Crippen LogP contribution in [0.3, 0.4) is 0 Å². The summed E-state index contributed by atoms with van der Waals surface area (Å²) >= 11 is 0. The van der Waals surface area contributed by atoms with Gasteiger partial charge in [-0.25, -0.2) is 4.98 Å². The van der Waals surface area contributed by atoms with Gasteiger partial charge in [0.05, 0.1) is 18.3 Å². The van der Waals surface area contributed by atoms with Gasteiger partial charge in [0.1, 0.15) is 11.3 Å². The number of carbonyl (C=O) groups excluding carboxylic acids is 1. The smallest absolute Gasteiger partial charge is 0.254 e. The van der Waals surface area contributed by atoms with Crippen molar-refractivity contribution in [3.05, 3.63) is 47.5 Å². The third kappa shape index (κ3) is 4.35. The Morgan fingerprint density at radius 3 is 2.59 bits per heavy atom. The predicted octanol–water partition coefficient (Wildman–Crippen LogP) is 5.91. The van der Waals surface area contributed by atoms with E-state index in [9.17, 15) is 4.79 Å². The monoisotopic (exact) mass is 551 g/mol. The Bertz CT molecular complexity index is 1660. The number of piperidine rings is 1. The van der Waals surface area contributed by atoms with Crippen molar-refractivity contribution in [3.8, 4) is 17.3 Å². The summed E-state index contributed by atoms with van der Waals surface area (Å²) < 4.78 is 10.5. The number of amides is 1. The standard InChI is InChI=1S/C34H41N5O2/c1-37-32-26(15-25(17-30(32)41-2)34(40)39-19-23-11-13-28(39)31(23)35)36-33(37)29-16-24-14-21(5-3-4-20-6-7-20)10-12-27(24)38(29)18-22-8-9-22/h10,12,14-17,20,22-23,28,31H,3-9,11,13,18-19,35H2,1-2H3/t23-,28?,31+/m1/s1. The lowest BCUT2D eigenvalue weighted by Crippen LogP contribution is -2.41. The number of aryl methyl sites for hydroxylation is 2. The molecule has 1 saturated heterocycles. The zero-order valence-electron chi connectivity index (χ0n) is 24.3. The van der Waals surface area contributed by atoms with E-state index >= 15 is 0 Å². The molecule has 3 saturated carbocycles. The van der Waals surface area contributed by atoms with Crippen LogP contribution in [0.2, 0.25) is 0 Å². The fourth-order valence-corrected chi connectivity index (χ4v) is 7.68. The van der Waals surface area contributed by atoms with E-state index in [1.165, 1.54) is 55.0 Å². The lowest BCUT2D eigenvalue weighted by atomic mass is 10.0. The van der Waals surface area contributed by atoms with Gasteiger partial charge in [-0.1, -0.05) is 25.3 Å². The van der Waals surface area contributed by atoms with E-state index in [-0.39, 0.29) is 18.0 Å². The average molecular weight is 552 g/mol. The first-order valence-electron chi connectivity index (χ1n) is 15.7. The van der Waals surface area contributed by atoms with Crippen LogP contribution in [0.5, 0.6) is 5.75 Å². The molecule has 4 fully saturated rings. The van der Waals surface area contributed by atoms with Gasteiger partial charge in [-0.2, -0.15) is 0 Å². The Hall–Kier alpha value is -3.32. The Kier molecular flexibility index (Phi) is 5.96. The summed E-state index contributed by atoms with van der Waals surface area (Å²) in [6.45, 7) is 1.77. The normalized spacial score (nSPS) is 23.8. The van der Waals surface area contributed by atoms with Gasteiger partial charge in [0, 0.05) is 48.7 Å². The molecule has 2 aromatic heterocycles. The lowest BCUT2D eigenvalue weighted by molar-refractivity contribution is 0.0700. The van der Waals surface area contributed by atoms with Crippen molar-refractivity contribution in [1.82, 2.24) is 19.0 Å². The fourth-order valence-electron chi connectivity index (χ4n) is 7.68. The van der Waals surface area contributed by atoms with Crippen molar-refractivity contribution in [2.24, 2.45) is 30.5 Å². The van der Waals surface area contributed by atoms with Gasteiger partial charge in [-0.15, -0.1) is 0 Å². The fraction of sp³-hybridized carbons (Fsp3) is 0.529. The van der Waals surface area contributed by atoms with E-state index in [2.05, 4.69) is 40.4 Å². The molecule has 1 amide bonds. The van der Waals surface area contributed by atoms with Crippen LogP contribution in [0.25, 0.3) is 33.5 Å². The van der Waals surface area contributed by atoms with E-state index in [1.54, 1.807) is 7.11 Å². The first kappa shape index (κ1) is 25.4. The van der Waals surface area contributed by atoms with Crippen molar-refractivity contribution in [3.63, 3.8) is 0 Å². The quantitative estimate of drug-likeness (QED) is 0.281. The van der Waals surface area contributed by atoms with Crippen LogP contribution in [0.4, 0.5) is 0 Å². The SMILES string of the molecule is COc1cc(C(=O)N2C[C@H]3CCC2[C@H]3N)cc2nc(-c3cc4cc(CCCC5CC5)ccc4n3CC3CC3)n(C)c12. The van der Waals surface area contributed by atoms with Gasteiger partial charge in [-0.05, 0) is 92.2 Å². The van der Waals surface area contributed by atoms with Gasteiger partial charge in [0.15, 0.2) is 5.82 Å². The molecular weight excluding hydrogens is 510 g/mol. The molecule has 0 spiro atoms. The summed E-state index contributed by atoms with van der Waals surface area (Å²) in [5.74, 6) is 3.78. The second kappa shape index (κ2) is 9.62. The number of nitrogens with two attached hydrogens (primary N) is 1. The minimum Gasteiger partial charge on any atom is -0.494 e.